The predicted molar refractivity (Wildman–Crippen MR) is 188 cm³/mol. The Morgan fingerprint density at radius 2 is 1.24 bits per heavy atom. The molecule has 8 nitrogen and oxygen atoms in total. The predicted octanol–water partition coefficient (Wildman–Crippen LogP) is 9.08. The normalized spacial score (nSPS) is 24.8. The minimum absolute atomic E-state index is 0.292. The number of hydrogen-bond acceptors (Lipinski definition) is 8. The van der Waals surface area contributed by atoms with Crippen molar-refractivity contribution in [3.63, 3.8) is 0 Å². The van der Waals surface area contributed by atoms with Crippen LogP contribution in [-0.4, -0.2) is 43.1 Å². The van der Waals surface area contributed by atoms with Crippen LogP contribution >= 0.6 is 8.24 Å². The second-order valence-corrected chi connectivity index (χ2v) is 13.4. The lowest BCUT2D eigenvalue weighted by molar-refractivity contribution is -0.324. The zero-order valence-electron chi connectivity index (χ0n) is 26.1. The van der Waals surface area contributed by atoms with Gasteiger partial charge in [0.1, 0.15) is 35.5 Å². The highest BCUT2D eigenvalue weighted by Crippen LogP contribution is 2.44. The van der Waals surface area contributed by atoms with Crippen LogP contribution in [0.1, 0.15) is 17.4 Å². The van der Waals surface area contributed by atoms with Crippen LogP contribution < -0.4 is 4.52 Å². The zero-order chi connectivity index (χ0) is 32.3. The summed E-state index contributed by atoms with van der Waals surface area (Å²) in [6.45, 7) is 0.292. The molecule has 6 aromatic carbocycles. The molecule has 1 aromatic heterocycles. The van der Waals surface area contributed by atoms with Gasteiger partial charge in [0.15, 0.2) is 6.29 Å². The topological polar surface area (TPSA) is 84.8 Å². The second kappa shape index (κ2) is 11.9. The summed E-state index contributed by atoms with van der Waals surface area (Å²) in [5, 5.41) is 6.31. The number of nitrogens with zero attached hydrogens (tertiary/aromatic N) is 1. The molecule has 0 spiro atoms. The molecule has 49 heavy (non-hydrogen) atoms. The van der Waals surface area contributed by atoms with Crippen molar-refractivity contribution in [2.45, 2.75) is 36.9 Å². The first-order valence-electron chi connectivity index (χ1n) is 16.4. The first-order valence-corrected chi connectivity index (χ1v) is 17.5. The molecular formula is C40H30NO7P. The highest BCUT2D eigenvalue weighted by Gasteiger charge is 2.55. The Morgan fingerprint density at radius 1 is 0.633 bits per heavy atom. The number of benzene rings is 6. The molecule has 3 aliphatic rings. The molecule has 10 rings (SSSR count). The van der Waals surface area contributed by atoms with Crippen molar-refractivity contribution < 1.29 is 31.9 Å². The van der Waals surface area contributed by atoms with Gasteiger partial charge in [0.2, 0.25) is 12.2 Å². The van der Waals surface area contributed by atoms with E-state index in [1.54, 1.807) is 0 Å². The second-order valence-electron chi connectivity index (χ2n) is 12.4. The van der Waals surface area contributed by atoms with Crippen molar-refractivity contribution in [2.24, 2.45) is 4.99 Å². The van der Waals surface area contributed by atoms with E-state index in [4.69, 9.17) is 36.9 Å². The molecule has 0 aliphatic carbocycles. The molecule has 6 atom stereocenters. The molecule has 7 aromatic rings. The van der Waals surface area contributed by atoms with Gasteiger partial charge in [0.05, 0.1) is 6.61 Å². The molecular weight excluding hydrogens is 637 g/mol. The summed E-state index contributed by atoms with van der Waals surface area (Å²) in [4.78, 5) is 5.03. The van der Waals surface area contributed by atoms with E-state index in [-0.39, 0.29) is 0 Å². The van der Waals surface area contributed by atoms with Crippen LogP contribution in [0.4, 0.5) is 0 Å². The number of rotatable bonds is 4. The first-order chi connectivity index (χ1) is 24.3. The Kier molecular flexibility index (Phi) is 7.03. The van der Waals surface area contributed by atoms with Gasteiger partial charge in [-0.15, -0.1) is 0 Å². The fraction of sp³-hybridized carbons (Fsp3) is 0.175. The monoisotopic (exact) mass is 667 g/mol. The van der Waals surface area contributed by atoms with Crippen LogP contribution in [0.5, 0.6) is 0 Å². The van der Waals surface area contributed by atoms with Crippen LogP contribution in [0.25, 0.3) is 43.5 Å². The molecule has 0 saturated carbocycles. The van der Waals surface area contributed by atoms with E-state index in [1.807, 2.05) is 84.9 Å². The number of ether oxygens (including phenoxy) is 4. The molecule has 1 unspecified atom stereocenters. The number of fused-ring (bicyclic) bond motifs is 9. The third-order valence-electron chi connectivity index (χ3n) is 9.48. The molecule has 9 heteroatoms. The highest BCUT2D eigenvalue weighted by atomic mass is 31.1. The lowest BCUT2D eigenvalue weighted by Crippen LogP contribution is -2.62. The standard InChI is InChI=1S/C40H30NO7P/c1-3-13-26(14-4-1)38-41-35-37(36-32(43-40(35)45-38)23-42-39(44-36)27-15-5-2-6-16-27)48-49-46-30-21-19-24-11-7-9-17-28(24)33(30)34-29-18-10-8-12-25(29)20-22-31(34)47-49/h1-22,32,35-37,39-40H,23H2/t32-,35-,36-,37-,39?,40-/m1/s1. The van der Waals surface area contributed by atoms with Gasteiger partial charge in [-0.3, -0.25) is 4.52 Å². The fourth-order valence-corrected chi connectivity index (χ4v) is 8.38. The number of aliphatic imine (C=N–C) groups is 1. The summed E-state index contributed by atoms with van der Waals surface area (Å²) in [6, 6.07) is 44.0. The summed E-state index contributed by atoms with van der Waals surface area (Å²) in [7, 11) is -2.00. The molecule has 4 heterocycles. The Hall–Kier alpha value is -4.95. The van der Waals surface area contributed by atoms with E-state index >= 15 is 0 Å². The lowest BCUT2D eigenvalue weighted by Gasteiger charge is -2.45. The molecule has 0 bridgehead atoms. The zero-order valence-corrected chi connectivity index (χ0v) is 27.0. The van der Waals surface area contributed by atoms with Gasteiger partial charge in [0.25, 0.3) is 0 Å². The third-order valence-corrected chi connectivity index (χ3v) is 10.6. The van der Waals surface area contributed by atoms with Gasteiger partial charge in [-0.25, -0.2) is 4.99 Å². The van der Waals surface area contributed by atoms with E-state index in [9.17, 15) is 0 Å². The smallest absolute Gasteiger partial charge is 0.387 e. The maximum absolute atomic E-state index is 6.97. The van der Waals surface area contributed by atoms with Crippen LogP contribution in [0.3, 0.4) is 0 Å². The number of hydrogen-bond donors (Lipinski definition) is 0. The SMILES string of the molecule is c1ccc(C2=N[C@H]3[C@@H](O2)O[C@@H]2COC(c4ccccc4)O[C@H]2[C@@H]3Op2oc3ccc4ccccc4c3c3c(ccc4ccccc43)o2)cc1. The molecule has 2 saturated heterocycles. The van der Waals surface area contributed by atoms with Gasteiger partial charge in [0, 0.05) is 21.9 Å². The van der Waals surface area contributed by atoms with E-state index < -0.39 is 45.2 Å². The maximum Gasteiger partial charge on any atom is 0.387 e. The van der Waals surface area contributed by atoms with Gasteiger partial charge in [-0.2, -0.15) is 0 Å². The van der Waals surface area contributed by atoms with Gasteiger partial charge in [-0.05, 0) is 45.8 Å². The van der Waals surface area contributed by atoms with E-state index in [2.05, 4.69) is 48.5 Å². The highest BCUT2D eigenvalue weighted by molar-refractivity contribution is 7.31. The van der Waals surface area contributed by atoms with E-state index in [1.165, 1.54) is 0 Å². The van der Waals surface area contributed by atoms with Crippen LogP contribution in [0.15, 0.2) is 147 Å². The van der Waals surface area contributed by atoms with Crippen LogP contribution in [0, 0.1) is 0 Å². The van der Waals surface area contributed by atoms with Crippen LogP contribution in [-0.2, 0) is 18.9 Å². The van der Waals surface area contributed by atoms with E-state index in [0.29, 0.717) is 23.7 Å². The van der Waals surface area contributed by atoms with E-state index in [0.717, 1.165) is 43.4 Å². The average Bonchev–Trinajstić information content (AvgIpc) is 3.52. The van der Waals surface area contributed by atoms with Crippen molar-refractivity contribution in [3.05, 3.63) is 145 Å². The summed E-state index contributed by atoms with van der Waals surface area (Å²) < 4.78 is 46.1. The third kappa shape index (κ3) is 5.03. The molecule has 2 fully saturated rings. The first kappa shape index (κ1) is 29.0. The van der Waals surface area contributed by atoms with Crippen molar-refractivity contribution in [1.29, 1.82) is 0 Å². The minimum atomic E-state index is -2.00. The van der Waals surface area contributed by atoms with Crippen molar-refractivity contribution in [2.75, 3.05) is 6.61 Å². The summed E-state index contributed by atoms with van der Waals surface area (Å²) in [5.41, 5.74) is 3.14. The quantitative estimate of drug-likeness (QED) is 0.185. The Balaban J connectivity index is 1.15. The van der Waals surface area contributed by atoms with Gasteiger partial charge < -0.3 is 27.3 Å². The van der Waals surface area contributed by atoms with Gasteiger partial charge in [-0.1, -0.05) is 109 Å². The van der Waals surface area contributed by atoms with Crippen molar-refractivity contribution >= 4 is 57.6 Å². The van der Waals surface area contributed by atoms with Crippen molar-refractivity contribution in [1.82, 2.24) is 0 Å². The molecule has 242 valence electrons. The van der Waals surface area contributed by atoms with Gasteiger partial charge >= 0.3 is 8.24 Å². The molecule has 0 N–H and O–H groups in total. The molecule has 0 amide bonds. The molecule has 0 radical (unpaired) electrons. The summed E-state index contributed by atoms with van der Waals surface area (Å²) in [5.74, 6) is 0.493. The Morgan fingerprint density at radius 3 is 1.92 bits per heavy atom. The Bertz CT molecular complexity index is 2320. The lowest BCUT2D eigenvalue weighted by atomic mass is 9.96. The Labute approximate surface area is 282 Å². The van der Waals surface area contributed by atoms with Crippen LogP contribution in [0.2, 0.25) is 0 Å². The summed E-state index contributed by atoms with van der Waals surface area (Å²) in [6.07, 6.45) is -2.95. The fourth-order valence-electron chi connectivity index (χ4n) is 7.19. The average molecular weight is 668 g/mol. The maximum atomic E-state index is 6.97. The minimum Gasteiger partial charge on any atom is -0.445 e. The largest absolute Gasteiger partial charge is 0.445 e. The molecule has 3 aliphatic heterocycles. The van der Waals surface area contributed by atoms with Crippen molar-refractivity contribution in [3.8, 4) is 0 Å². The summed E-state index contributed by atoms with van der Waals surface area (Å²) >= 11 is 0.